The first-order chi connectivity index (χ1) is 12.1. The van der Waals surface area contributed by atoms with E-state index in [-0.39, 0.29) is 5.56 Å². The lowest BCUT2D eigenvalue weighted by Crippen LogP contribution is -2.23. The molecule has 25 heavy (non-hydrogen) atoms. The molecule has 1 aliphatic rings. The minimum absolute atomic E-state index is 0.110. The van der Waals surface area contributed by atoms with E-state index < -0.39 is 0 Å². The largest absolute Gasteiger partial charge is 0.361 e. The Balaban J connectivity index is 1.75. The number of fused-ring (bicyclic) bond motifs is 3. The molecule has 0 N–H and O–H groups in total. The fourth-order valence-electron chi connectivity index (χ4n) is 3.42. The lowest BCUT2D eigenvalue weighted by Gasteiger charge is -2.17. The van der Waals surface area contributed by atoms with Crippen LogP contribution >= 0.6 is 23.1 Å². The molecule has 5 nitrogen and oxygen atoms in total. The molecule has 1 aliphatic carbocycles. The molecule has 1 unspecified atom stereocenters. The van der Waals surface area contributed by atoms with Crippen LogP contribution in [0.2, 0.25) is 0 Å². The molecule has 0 spiro atoms. The number of nitrogens with zero attached hydrogens (tertiary/aromatic N) is 3. The van der Waals surface area contributed by atoms with Crippen molar-refractivity contribution in [3.8, 4) is 0 Å². The van der Waals surface area contributed by atoms with Gasteiger partial charge in [-0.05, 0) is 44.6 Å². The molecule has 3 heterocycles. The predicted molar refractivity (Wildman–Crippen MR) is 102 cm³/mol. The van der Waals surface area contributed by atoms with E-state index in [2.05, 4.69) is 12.1 Å². The summed E-state index contributed by atoms with van der Waals surface area (Å²) in [6.45, 7) is 6.79. The van der Waals surface area contributed by atoms with E-state index >= 15 is 0 Å². The van der Waals surface area contributed by atoms with Crippen LogP contribution in [0.5, 0.6) is 0 Å². The molecule has 3 aromatic heterocycles. The number of rotatable bonds is 4. The second kappa shape index (κ2) is 6.61. The van der Waals surface area contributed by atoms with Gasteiger partial charge in [0.05, 0.1) is 11.1 Å². The van der Waals surface area contributed by atoms with E-state index in [0.717, 1.165) is 46.1 Å². The van der Waals surface area contributed by atoms with Crippen LogP contribution in [0.25, 0.3) is 10.2 Å². The van der Waals surface area contributed by atoms with Gasteiger partial charge in [0, 0.05) is 23.2 Å². The van der Waals surface area contributed by atoms with Gasteiger partial charge in [0.1, 0.15) is 10.6 Å². The smallest absolute Gasteiger partial charge is 0.263 e. The van der Waals surface area contributed by atoms with Crippen LogP contribution in [-0.2, 0) is 25.1 Å². The number of hydrogen-bond acceptors (Lipinski definition) is 6. The van der Waals surface area contributed by atoms with Gasteiger partial charge in [0.25, 0.3) is 5.56 Å². The van der Waals surface area contributed by atoms with Gasteiger partial charge in [-0.3, -0.25) is 9.36 Å². The zero-order valence-corrected chi connectivity index (χ0v) is 16.3. The second-order valence-electron chi connectivity index (χ2n) is 6.69. The lowest BCUT2D eigenvalue weighted by molar-refractivity contribution is 0.393. The van der Waals surface area contributed by atoms with Gasteiger partial charge in [0.15, 0.2) is 5.16 Å². The zero-order valence-electron chi connectivity index (χ0n) is 14.7. The van der Waals surface area contributed by atoms with E-state index in [4.69, 9.17) is 9.51 Å². The average Bonchev–Trinajstić information content (AvgIpc) is 3.15. The third-order valence-corrected chi connectivity index (χ3v) is 6.88. The Bertz CT molecular complexity index is 986. The van der Waals surface area contributed by atoms with Gasteiger partial charge in [-0.1, -0.05) is 23.8 Å². The van der Waals surface area contributed by atoms with Crippen molar-refractivity contribution in [2.24, 2.45) is 5.92 Å². The maximum Gasteiger partial charge on any atom is 0.263 e. The highest BCUT2D eigenvalue weighted by atomic mass is 32.2. The maximum atomic E-state index is 13.1. The summed E-state index contributed by atoms with van der Waals surface area (Å²) in [6.07, 6.45) is 3.23. The summed E-state index contributed by atoms with van der Waals surface area (Å²) in [5.41, 5.74) is 2.23. The molecule has 7 heteroatoms. The Morgan fingerprint density at radius 1 is 1.48 bits per heavy atom. The Morgan fingerprint density at radius 2 is 2.32 bits per heavy atom. The molecule has 4 rings (SSSR count). The summed E-state index contributed by atoms with van der Waals surface area (Å²) in [4.78, 5) is 20.2. The topological polar surface area (TPSA) is 60.9 Å². The molecule has 0 amide bonds. The highest BCUT2D eigenvalue weighted by Crippen LogP contribution is 2.36. The van der Waals surface area contributed by atoms with Crippen LogP contribution < -0.4 is 5.56 Å². The monoisotopic (exact) mass is 375 g/mol. The van der Waals surface area contributed by atoms with Gasteiger partial charge in [-0.15, -0.1) is 11.3 Å². The molecule has 0 aliphatic heterocycles. The van der Waals surface area contributed by atoms with E-state index in [9.17, 15) is 4.79 Å². The SMILES string of the molecule is CCn1c(SCc2cc(C)on2)nc2sc3c(c2c1=O)CCC(C)C3. The number of thioether (sulfide) groups is 1. The molecule has 0 aromatic carbocycles. The minimum Gasteiger partial charge on any atom is -0.361 e. The Labute approximate surface area is 154 Å². The quantitative estimate of drug-likeness (QED) is 0.505. The molecule has 1 atom stereocenters. The summed E-state index contributed by atoms with van der Waals surface area (Å²) in [6, 6.07) is 1.92. The summed E-state index contributed by atoms with van der Waals surface area (Å²) >= 11 is 3.25. The van der Waals surface area contributed by atoms with Crippen LogP contribution in [-0.4, -0.2) is 14.7 Å². The van der Waals surface area contributed by atoms with E-state index in [1.807, 2.05) is 19.9 Å². The van der Waals surface area contributed by atoms with Crippen LogP contribution in [0.4, 0.5) is 0 Å². The van der Waals surface area contributed by atoms with Gasteiger partial charge in [-0.2, -0.15) is 0 Å². The van der Waals surface area contributed by atoms with Crippen molar-refractivity contribution in [2.45, 2.75) is 57.5 Å². The summed E-state index contributed by atoms with van der Waals surface area (Å²) < 4.78 is 6.91. The van der Waals surface area contributed by atoms with Crippen molar-refractivity contribution >= 4 is 33.3 Å². The lowest BCUT2D eigenvalue weighted by atomic mass is 9.89. The average molecular weight is 376 g/mol. The van der Waals surface area contributed by atoms with Crippen molar-refractivity contribution in [1.29, 1.82) is 0 Å². The van der Waals surface area contributed by atoms with Crippen LogP contribution in [0, 0.1) is 12.8 Å². The molecule has 0 saturated heterocycles. The molecule has 132 valence electrons. The number of thiophene rings is 1. The second-order valence-corrected chi connectivity index (χ2v) is 8.72. The Morgan fingerprint density at radius 3 is 3.04 bits per heavy atom. The normalized spacial score (nSPS) is 17.2. The predicted octanol–water partition coefficient (Wildman–Crippen LogP) is 4.19. The van der Waals surface area contributed by atoms with Crippen LogP contribution in [0.1, 0.15) is 42.2 Å². The Hall–Kier alpha value is -1.60. The van der Waals surface area contributed by atoms with E-state index in [1.54, 1.807) is 27.7 Å². The van der Waals surface area contributed by atoms with E-state index in [0.29, 0.717) is 18.2 Å². The van der Waals surface area contributed by atoms with Crippen molar-refractivity contribution in [1.82, 2.24) is 14.7 Å². The molecule has 0 bridgehead atoms. The van der Waals surface area contributed by atoms with Gasteiger partial charge >= 0.3 is 0 Å². The zero-order chi connectivity index (χ0) is 17.6. The van der Waals surface area contributed by atoms with E-state index in [1.165, 1.54) is 10.4 Å². The first-order valence-corrected chi connectivity index (χ1v) is 10.5. The van der Waals surface area contributed by atoms with Gasteiger partial charge in [-0.25, -0.2) is 4.98 Å². The van der Waals surface area contributed by atoms with Crippen molar-refractivity contribution < 1.29 is 4.52 Å². The van der Waals surface area contributed by atoms with Crippen molar-refractivity contribution in [3.63, 3.8) is 0 Å². The van der Waals surface area contributed by atoms with Crippen molar-refractivity contribution in [2.75, 3.05) is 0 Å². The summed E-state index contributed by atoms with van der Waals surface area (Å²) in [7, 11) is 0. The highest BCUT2D eigenvalue weighted by molar-refractivity contribution is 7.98. The maximum absolute atomic E-state index is 13.1. The first-order valence-electron chi connectivity index (χ1n) is 8.67. The molecule has 3 aromatic rings. The third-order valence-electron chi connectivity index (χ3n) is 4.72. The van der Waals surface area contributed by atoms with Crippen molar-refractivity contribution in [3.05, 3.63) is 38.3 Å². The molecule has 0 fully saturated rings. The molecule has 0 saturated carbocycles. The highest BCUT2D eigenvalue weighted by Gasteiger charge is 2.24. The van der Waals surface area contributed by atoms with Gasteiger partial charge < -0.3 is 4.52 Å². The molecular formula is C18H21N3O2S2. The fourth-order valence-corrected chi connectivity index (χ4v) is 5.79. The fraction of sp³-hybridized carbons (Fsp3) is 0.500. The third kappa shape index (κ3) is 3.04. The number of hydrogen-bond donors (Lipinski definition) is 0. The first kappa shape index (κ1) is 16.8. The van der Waals surface area contributed by atoms with Crippen LogP contribution in [0.3, 0.4) is 0 Å². The Kier molecular flexibility index (Phi) is 4.45. The standard InChI is InChI=1S/C18H21N3O2S2/c1-4-21-17(22)15-13-6-5-10(2)7-14(13)25-16(15)19-18(21)24-9-12-8-11(3)23-20-12/h8,10H,4-7,9H2,1-3H3. The van der Waals surface area contributed by atoms with Gasteiger partial charge in [0.2, 0.25) is 0 Å². The molecule has 0 radical (unpaired) electrons. The summed E-state index contributed by atoms with van der Waals surface area (Å²) in [5, 5.41) is 5.65. The number of aromatic nitrogens is 3. The molecular weight excluding hydrogens is 354 g/mol. The minimum atomic E-state index is 0.110. The number of aryl methyl sites for hydroxylation is 2. The van der Waals surface area contributed by atoms with Crippen LogP contribution in [0.15, 0.2) is 20.5 Å². The summed E-state index contributed by atoms with van der Waals surface area (Å²) in [5.74, 6) is 2.14.